The third-order valence-electron chi connectivity index (χ3n) is 16.9. The number of unbranched alkanes of at least 4 members (excludes halogenated alkanes) is 3. The number of anilines is 1. The standard InChI is InChI=1S/C56H82N16O14/c57-22-38-44(74)46(76)41(61)54(81-38)84-49-33(60)21-32(59)43(73)51(49)86-56-48(78)50(85-55-42(62)47(77)45(75)39(23-58)82-55)40(83-56)25-72-24-29(68-69-72)26-79-17-3-1-2-4-18-80-31-9-5-27(6-10-31)52-64-34-11-7-28(19-36(34)66-52)53-65-35-12-8-30(20-37(35)67-53)70-13-15-71(63)16-14-70/h5-12,19-20,24,32-33,38-51,54-56,73-78H,1-4,13-18,21-23,25-26,57-63H2,(H,64,66)(H,65,67)/t32-,33+,38-,39-,40-,41-,42+,43+,44-,45+,46-,47+,48-,49-,50-,51-,54-,55+,56+/m1/s1. The van der Waals surface area contributed by atoms with Crippen molar-refractivity contribution in [3.8, 4) is 28.5 Å². The number of hydrogen-bond donors (Lipinski definition) is 15. The summed E-state index contributed by atoms with van der Waals surface area (Å²) in [6.07, 6.45) is -15.0. The van der Waals surface area contributed by atoms with E-state index in [2.05, 4.69) is 49.4 Å². The van der Waals surface area contributed by atoms with Gasteiger partial charge in [-0.3, -0.25) is 5.84 Å². The number of fused-ring (bicyclic) bond motifs is 2. The number of ether oxygens (including phenoxy) is 8. The summed E-state index contributed by atoms with van der Waals surface area (Å²) in [6, 6.07) is 16.0. The maximum atomic E-state index is 11.9. The maximum Gasteiger partial charge on any atom is 0.187 e. The number of aliphatic hydroxyl groups excluding tert-OH is 6. The van der Waals surface area contributed by atoms with E-state index >= 15 is 0 Å². The van der Waals surface area contributed by atoms with Crippen LogP contribution in [0.2, 0.25) is 0 Å². The van der Waals surface area contributed by atoms with Crippen molar-refractivity contribution in [1.82, 2.24) is 39.9 Å². The van der Waals surface area contributed by atoms with Crippen LogP contribution in [0.3, 0.4) is 0 Å². The second-order valence-electron chi connectivity index (χ2n) is 23.0. The minimum atomic E-state index is -1.63. The zero-order valence-electron chi connectivity index (χ0n) is 47.5. The van der Waals surface area contributed by atoms with Gasteiger partial charge in [-0.2, -0.15) is 0 Å². The topological polar surface area (TPSA) is 472 Å². The van der Waals surface area contributed by atoms with Crippen molar-refractivity contribution in [1.29, 1.82) is 0 Å². The van der Waals surface area contributed by atoms with Crippen molar-refractivity contribution in [3.05, 3.63) is 72.6 Å². The number of aromatic nitrogens is 7. The lowest BCUT2D eigenvalue weighted by molar-refractivity contribution is -0.306. The predicted octanol–water partition coefficient (Wildman–Crippen LogP) is -3.36. The van der Waals surface area contributed by atoms with E-state index in [0.717, 1.165) is 108 Å². The fourth-order valence-corrected chi connectivity index (χ4v) is 11.8. The Kier molecular flexibility index (Phi) is 19.9. The highest BCUT2D eigenvalue weighted by atomic mass is 16.8. The summed E-state index contributed by atoms with van der Waals surface area (Å²) >= 11 is 0. The summed E-state index contributed by atoms with van der Waals surface area (Å²) < 4.78 is 50.2. The number of piperazine rings is 1. The van der Waals surface area contributed by atoms with E-state index < -0.39 is 116 Å². The molecular formula is C56H82N16O14. The maximum absolute atomic E-state index is 11.9. The van der Waals surface area contributed by atoms with Crippen molar-refractivity contribution in [2.75, 3.05) is 57.4 Å². The van der Waals surface area contributed by atoms with E-state index in [9.17, 15) is 30.6 Å². The van der Waals surface area contributed by atoms with E-state index in [-0.39, 0.29) is 32.7 Å². The normalized spacial score (nSPS) is 33.7. The number of nitrogens with zero attached hydrogens (tertiary/aromatic N) is 7. The van der Waals surface area contributed by atoms with Crippen molar-refractivity contribution in [2.45, 2.75) is 162 Å². The highest BCUT2D eigenvalue weighted by molar-refractivity contribution is 5.87. The lowest BCUT2D eigenvalue weighted by Gasteiger charge is -2.47. The molecule has 7 heterocycles. The fraction of sp³-hybridized carbons (Fsp3) is 0.607. The lowest BCUT2D eigenvalue weighted by Crippen LogP contribution is -2.68. The first-order chi connectivity index (χ1) is 41.5. The first kappa shape index (κ1) is 62.1. The summed E-state index contributed by atoms with van der Waals surface area (Å²) in [4.78, 5) is 19.1. The number of nitrogens with two attached hydrogens (primary N) is 7. The second-order valence-corrected chi connectivity index (χ2v) is 23.0. The van der Waals surface area contributed by atoms with Crippen LogP contribution >= 0.6 is 0 Å². The number of H-pyrrole nitrogens is 2. The van der Waals surface area contributed by atoms with Gasteiger partial charge in [0, 0.05) is 74.8 Å². The van der Waals surface area contributed by atoms with Crippen LogP contribution < -0.4 is 49.9 Å². The molecule has 19 atom stereocenters. The SMILES string of the molecule is NC[C@H]1O[C@@H](O[C@H]2[C@@H](O)[C@H](O[C@@H]3[C@@H](O)[C@H](N)C[C@H](N)[C@H]3O[C@H]3O[C@H](CN)[C@@H](O)[C@H](O)[C@H]3N)O[C@@H]2Cn2cc(COCCCCCCOc3ccc(-c4nc5ccc(-c6nc7ccc(N8CCN(N)CC8)cc7[nH]6)cc5[nH]4)cc3)nn2)[C@@H](N)[C@H](O)[C@H]1O. The summed E-state index contributed by atoms with van der Waals surface area (Å²) in [5, 5.41) is 76.2. The Morgan fingerprint density at radius 3 is 1.83 bits per heavy atom. The Morgan fingerprint density at radius 1 is 0.581 bits per heavy atom. The summed E-state index contributed by atoms with van der Waals surface area (Å²) in [6.45, 7) is 4.18. The molecule has 4 saturated heterocycles. The summed E-state index contributed by atoms with van der Waals surface area (Å²) in [5.41, 5.74) is 44.2. The number of benzene rings is 3. The van der Waals surface area contributed by atoms with E-state index in [4.69, 9.17) is 88.1 Å². The molecule has 86 heavy (non-hydrogen) atoms. The molecule has 11 rings (SSSR count). The predicted molar refractivity (Wildman–Crippen MR) is 310 cm³/mol. The second kappa shape index (κ2) is 27.5. The molecule has 0 unspecified atom stereocenters. The molecular weight excluding hydrogens is 1120 g/mol. The minimum absolute atomic E-state index is 0.0692. The van der Waals surface area contributed by atoms with Crippen LogP contribution in [0, 0.1) is 0 Å². The zero-order chi connectivity index (χ0) is 60.3. The number of hydrazine groups is 1. The Hall–Kier alpha value is -5.50. The van der Waals surface area contributed by atoms with Crippen LogP contribution in [0.1, 0.15) is 37.8 Å². The Balaban J connectivity index is 0.639. The van der Waals surface area contributed by atoms with Gasteiger partial charge in [0.2, 0.25) is 0 Å². The molecule has 4 aliphatic heterocycles. The van der Waals surface area contributed by atoms with Crippen molar-refractivity contribution >= 4 is 27.8 Å². The lowest BCUT2D eigenvalue weighted by atomic mass is 9.84. The molecule has 0 radical (unpaired) electrons. The molecule has 0 amide bonds. The van der Waals surface area contributed by atoms with Crippen LogP contribution in [0.15, 0.2) is 66.9 Å². The van der Waals surface area contributed by atoms with Gasteiger partial charge in [0.05, 0.1) is 66.2 Å². The highest BCUT2D eigenvalue weighted by Crippen LogP contribution is 2.36. The first-order valence-electron chi connectivity index (χ1n) is 29.4. The van der Waals surface area contributed by atoms with Gasteiger partial charge < -0.3 is 118 Å². The van der Waals surface area contributed by atoms with Crippen molar-refractivity contribution < 1.29 is 68.5 Å². The summed E-state index contributed by atoms with van der Waals surface area (Å²) in [5.74, 6) is 8.29. The molecule has 30 nitrogen and oxygen atoms in total. The van der Waals surface area contributed by atoms with Crippen molar-refractivity contribution in [3.63, 3.8) is 0 Å². The molecule has 30 heteroatoms. The number of rotatable bonds is 23. The molecule has 1 saturated carbocycles. The van der Waals surface area contributed by atoms with Gasteiger partial charge in [0.1, 0.15) is 90.2 Å². The van der Waals surface area contributed by atoms with E-state index in [1.165, 1.54) is 4.68 Å². The van der Waals surface area contributed by atoms with Crippen LogP contribution in [-0.2, 0) is 46.3 Å². The van der Waals surface area contributed by atoms with E-state index in [0.29, 0.717) is 18.9 Å². The van der Waals surface area contributed by atoms with Gasteiger partial charge in [-0.05, 0) is 86.3 Å². The molecule has 0 bridgehead atoms. The average Bonchev–Trinajstić information content (AvgIpc) is 3.65. The van der Waals surface area contributed by atoms with Gasteiger partial charge in [-0.15, -0.1) is 5.10 Å². The molecule has 6 aromatic rings. The molecule has 1 aliphatic carbocycles. The molecule has 3 aromatic carbocycles. The molecule has 22 N–H and O–H groups in total. The van der Waals surface area contributed by atoms with E-state index in [1.807, 2.05) is 41.4 Å². The number of nitrogens with one attached hydrogen (secondary N) is 2. The number of hydrogen-bond acceptors (Lipinski definition) is 27. The number of aliphatic hydroxyl groups is 6. The molecule has 470 valence electrons. The van der Waals surface area contributed by atoms with Crippen LogP contribution in [0.4, 0.5) is 5.69 Å². The minimum Gasteiger partial charge on any atom is -0.494 e. The van der Waals surface area contributed by atoms with Crippen LogP contribution in [-0.4, -0.2) is 239 Å². The van der Waals surface area contributed by atoms with Crippen LogP contribution in [0.25, 0.3) is 44.8 Å². The fourth-order valence-electron chi connectivity index (χ4n) is 11.8. The Morgan fingerprint density at radius 2 is 1.16 bits per heavy atom. The number of aromatic amines is 2. The third kappa shape index (κ3) is 13.7. The van der Waals surface area contributed by atoms with Gasteiger partial charge >= 0.3 is 0 Å². The molecule has 3 aromatic heterocycles. The quantitative estimate of drug-likeness (QED) is 0.0220. The average molecular weight is 1200 g/mol. The third-order valence-corrected chi connectivity index (χ3v) is 16.9. The highest BCUT2D eigenvalue weighted by Gasteiger charge is 2.55. The van der Waals surface area contributed by atoms with Crippen LogP contribution in [0.5, 0.6) is 5.75 Å². The molecule has 5 fully saturated rings. The van der Waals surface area contributed by atoms with Crippen molar-refractivity contribution in [2.24, 2.45) is 40.2 Å². The van der Waals surface area contributed by atoms with E-state index in [1.54, 1.807) is 6.20 Å². The Labute approximate surface area is 495 Å². The first-order valence-corrected chi connectivity index (χ1v) is 29.4. The molecule has 5 aliphatic rings. The Bertz CT molecular complexity index is 3130. The molecule has 0 spiro atoms. The largest absolute Gasteiger partial charge is 0.494 e. The van der Waals surface area contributed by atoms with Gasteiger partial charge in [-0.1, -0.05) is 11.6 Å². The van der Waals surface area contributed by atoms with Gasteiger partial charge in [-0.25, -0.2) is 19.7 Å². The monoisotopic (exact) mass is 1200 g/mol. The number of imidazole rings is 2. The smallest absolute Gasteiger partial charge is 0.187 e. The summed E-state index contributed by atoms with van der Waals surface area (Å²) in [7, 11) is 0. The van der Waals surface area contributed by atoms with Gasteiger partial charge in [0.15, 0.2) is 18.9 Å². The zero-order valence-corrected chi connectivity index (χ0v) is 47.5. The van der Waals surface area contributed by atoms with Gasteiger partial charge in [0.25, 0.3) is 0 Å².